The van der Waals surface area contributed by atoms with Crippen molar-refractivity contribution in [1.82, 2.24) is 20.3 Å². The van der Waals surface area contributed by atoms with E-state index in [0.29, 0.717) is 17.8 Å². The summed E-state index contributed by atoms with van der Waals surface area (Å²) in [6, 6.07) is 16.6. The van der Waals surface area contributed by atoms with Gasteiger partial charge in [0.05, 0.1) is 28.2 Å². The van der Waals surface area contributed by atoms with Gasteiger partial charge in [0.1, 0.15) is 9.79 Å². The number of nitrogens with two attached hydrogens (primary N) is 1. The van der Waals surface area contributed by atoms with Gasteiger partial charge in [-0.3, -0.25) is 23.5 Å². The Bertz CT molecular complexity index is 2600. The molecule has 0 fully saturated rings. The topological polar surface area (TPSA) is 264 Å². The largest absolute Gasteiger partial charge is 0.397 e. The standard InChI is InChI=1S/C33H27ClN8O9S2/c1-3-42(18-8-6-7-16(13-18)30(45)36-2)33-40-31(34)39-32(41-33)37-17-11-12-21(23(14-17)52(46,47)48)38-22-15-24(53(49,50)51)27(35)26-25(22)28(43)19-9-4-5-10-20(19)29(26)44/h4-15,38H,3,35H2,1-2H3,(H,36,45)(H,46,47,48)(H,49,50,51)(H,37,39,40,41). The molecule has 1 aromatic heterocycles. The van der Waals surface area contributed by atoms with E-state index in [1.807, 2.05) is 0 Å². The van der Waals surface area contributed by atoms with Crippen LogP contribution in [-0.4, -0.2) is 72.0 Å². The molecule has 0 aliphatic heterocycles. The Kier molecular flexibility index (Phi) is 9.62. The maximum atomic E-state index is 13.7. The van der Waals surface area contributed by atoms with Crippen LogP contribution in [0, 0.1) is 0 Å². The molecule has 53 heavy (non-hydrogen) atoms. The van der Waals surface area contributed by atoms with E-state index in [4.69, 9.17) is 17.3 Å². The van der Waals surface area contributed by atoms with Gasteiger partial charge in [0.25, 0.3) is 26.1 Å². The second kappa shape index (κ2) is 13.9. The third kappa shape index (κ3) is 7.10. The van der Waals surface area contributed by atoms with E-state index >= 15 is 0 Å². The lowest BCUT2D eigenvalue weighted by molar-refractivity contribution is 0.0962. The molecule has 272 valence electrons. The number of halogens is 1. The van der Waals surface area contributed by atoms with Crippen molar-refractivity contribution in [2.75, 3.05) is 34.9 Å². The summed E-state index contributed by atoms with van der Waals surface area (Å²) in [5.74, 6) is -1.95. The smallest absolute Gasteiger partial charge is 0.296 e. The molecule has 0 atom stereocenters. The monoisotopic (exact) mass is 778 g/mol. The first-order valence-electron chi connectivity index (χ1n) is 15.3. The molecule has 20 heteroatoms. The molecule has 5 aromatic rings. The van der Waals surface area contributed by atoms with Crippen LogP contribution < -0.4 is 26.6 Å². The summed E-state index contributed by atoms with van der Waals surface area (Å²) in [6.07, 6.45) is 0. The Morgan fingerprint density at radius 1 is 0.811 bits per heavy atom. The Labute approximate surface area is 306 Å². The molecular weight excluding hydrogens is 752 g/mol. The fraction of sp³-hybridized carbons (Fsp3) is 0.0909. The summed E-state index contributed by atoms with van der Waals surface area (Å²) in [6.45, 7) is 2.14. The number of hydrogen-bond donors (Lipinski definition) is 6. The fourth-order valence-electron chi connectivity index (χ4n) is 5.71. The van der Waals surface area contributed by atoms with Crippen molar-refractivity contribution >= 4 is 89.6 Å². The van der Waals surface area contributed by atoms with E-state index in [1.165, 1.54) is 37.4 Å². The van der Waals surface area contributed by atoms with E-state index in [9.17, 15) is 40.3 Å². The average Bonchev–Trinajstić information content (AvgIpc) is 3.10. The van der Waals surface area contributed by atoms with Gasteiger partial charge in [-0.05, 0) is 61.0 Å². The van der Waals surface area contributed by atoms with Crippen molar-refractivity contribution < 1.29 is 40.3 Å². The van der Waals surface area contributed by atoms with Crippen LogP contribution in [0.3, 0.4) is 0 Å². The normalized spacial score (nSPS) is 12.5. The van der Waals surface area contributed by atoms with Crippen LogP contribution in [0.2, 0.25) is 5.28 Å². The Morgan fingerprint density at radius 3 is 2.09 bits per heavy atom. The number of ketones is 2. The van der Waals surface area contributed by atoms with E-state index in [-0.39, 0.29) is 45.6 Å². The van der Waals surface area contributed by atoms with Crippen LogP contribution in [0.15, 0.2) is 82.6 Å². The van der Waals surface area contributed by atoms with Crippen molar-refractivity contribution in [3.05, 3.63) is 106 Å². The zero-order valence-electron chi connectivity index (χ0n) is 27.4. The SMILES string of the molecule is CCN(c1cccc(C(=O)NC)c1)c1nc(Cl)nc(Nc2ccc(Nc3cc(S(=O)(=O)O)c(N)c4c3C(=O)c3ccccc3C4=O)c(S(=O)(=O)O)c2)n1. The van der Waals surface area contributed by atoms with Crippen LogP contribution in [0.25, 0.3) is 0 Å². The molecule has 1 heterocycles. The molecular formula is C33H27ClN8O9S2. The average molecular weight is 779 g/mol. The second-order valence-electron chi connectivity index (χ2n) is 11.3. The number of nitrogen functional groups attached to an aromatic ring is 1. The molecule has 1 aliphatic rings. The van der Waals surface area contributed by atoms with Crippen molar-refractivity contribution in [2.45, 2.75) is 16.7 Å². The van der Waals surface area contributed by atoms with Crippen molar-refractivity contribution in [1.29, 1.82) is 0 Å². The van der Waals surface area contributed by atoms with E-state index < -0.39 is 64.1 Å². The lowest BCUT2D eigenvalue weighted by Crippen LogP contribution is -2.25. The lowest BCUT2D eigenvalue weighted by Gasteiger charge is -2.24. The molecule has 0 bridgehead atoms. The molecule has 1 aliphatic carbocycles. The Hall–Kier alpha value is -5.99. The number of carbonyl (C=O) groups is 3. The van der Waals surface area contributed by atoms with Gasteiger partial charge in [-0.2, -0.15) is 31.8 Å². The third-order valence-electron chi connectivity index (χ3n) is 8.06. The minimum absolute atomic E-state index is 0.0131. The molecule has 0 spiro atoms. The van der Waals surface area contributed by atoms with Gasteiger partial charge in [0, 0.05) is 41.7 Å². The molecule has 0 saturated carbocycles. The zero-order chi connectivity index (χ0) is 38.4. The number of aromatic nitrogens is 3. The molecule has 0 unspecified atom stereocenters. The van der Waals surface area contributed by atoms with Gasteiger partial charge in [-0.1, -0.05) is 30.3 Å². The summed E-state index contributed by atoms with van der Waals surface area (Å²) < 4.78 is 70.3. The fourth-order valence-corrected chi connectivity index (χ4v) is 7.19. The van der Waals surface area contributed by atoms with Gasteiger partial charge in [-0.25, -0.2) is 0 Å². The minimum atomic E-state index is -5.08. The second-order valence-corrected chi connectivity index (χ2v) is 14.4. The third-order valence-corrected chi connectivity index (χ3v) is 10.0. The van der Waals surface area contributed by atoms with E-state index in [2.05, 4.69) is 30.9 Å². The lowest BCUT2D eigenvalue weighted by atomic mass is 9.82. The number of nitrogens with one attached hydrogen (secondary N) is 3. The number of benzene rings is 4. The number of anilines is 7. The summed E-state index contributed by atoms with van der Waals surface area (Å²) in [5, 5.41) is 7.74. The molecule has 0 radical (unpaired) electrons. The number of fused-ring (bicyclic) bond motifs is 2. The number of hydrogen-bond acceptors (Lipinski definition) is 14. The predicted octanol–water partition coefficient (Wildman–Crippen LogP) is 4.38. The van der Waals surface area contributed by atoms with E-state index in [1.54, 1.807) is 36.1 Å². The van der Waals surface area contributed by atoms with Gasteiger partial charge >= 0.3 is 0 Å². The van der Waals surface area contributed by atoms with Gasteiger partial charge < -0.3 is 26.6 Å². The van der Waals surface area contributed by atoms with Crippen LogP contribution in [0.1, 0.15) is 49.1 Å². The predicted molar refractivity (Wildman–Crippen MR) is 194 cm³/mol. The number of rotatable bonds is 10. The Morgan fingerprint density at radius 2 is 1.47 bits per heavy atom. The molecule has 4 aromatic carbocycles. The number of nitrogens with zero attached hydrogens (tertiary/aromatic N) is 4. The molecule has 17 nitrogen and oxygen atoms in total. The highest BCUT2D eigenvalue weighted by molar-refractivity contribution is 7.86. The molecule has 1 amide bonds. The van der Waals surface area contributed by atoms with Gasteiger partial charge in [0.15, 0.2) is 11.6 Å². The van der Waals surface area contributed by atoms with Crippen LogP contribution >= 0.6 is 11.6 Å². The molecule has 0 saturated heterocycles. The molecule has 6 rings (SSSR count). The van der Waals surface area contributed by atoms with Crippen LogP contribution in [0.5, 0.6) is 0 Å². The van der Waals surface area contributed by atoms with E-state index in [0.717, 1.165) is 18.2 Å². The quantitative estimate of drug-likeness (QED) is 0.0832. The van der Waals surface area contributed by atoms with Crippen molar-refractivity contribution in [3.8, 4) is 0 Å². The highest BCUT2D eigenvalue weighted by Gasteiger charge is 2.37. The number of amides is 1. The van der Waals surface area contributed by atoms with Crippen LogP contribution in [-0.2, 0) is 20.2 Å². The number of carbonyl (C=O) groups excluding carboxylic acids is 3. The summed E-state index contributed by atoms with van der Waals surface area (Å²) in [5.41, 5.74) is 4.50. The summed E-state index contributed by atoms with van der Waals surface area (Å²) in [4.78, 5) is 52.0. The minimum Gasteiger partial charge on any atom is -0.397 e. The highest BCUT2D eigenvalue weighted by Crippen LogP contribution is 2.41. The first kappa shape index (κ1) is 36.8. The van der Waals surface area contributed by atoms with Crippen molar-refractivity contribution in [3.63, 3.8) is 0 Å². The molecule has 7 N–H and O–H groups in total. The maximum absolute atomic E-state index is 13.7. The summed E-state index contributed by atoms with van der Waals surface area (Å²) >= 11 is 6.24. The summed E-state index contributed by atoms with van der Waals surface area (Å²) in [7, 11) is -8.64. The highest BCUT2D eigenvalue weighted by atomic mass is 35.5. The van der Waals surface area contributed by atoms with Gasteiger partial charge in [-0.15, -0.1) is 0 Å². The van der Waals surface area contributed by atoms with Crippen molar-refractivity contribution in [2.24, 2.45) is 0 Å². The Balaban J connectivity index is 1.40. The van der Waals surface area contributed by atoms with Crippen LogP contribution in [0.4, 0.5) is 40.3 Å². The first-order valence-corrected chi connectivity index (χ1v) is 18.6. The maximum Gasteiger partial charge on any atom is 0.296 e. The first-order chi connectivity index (χ1) is 25.0. The van der Waals surface area contributed by atoms with Gasteiger partial charge in [0.2, 0.25) is 17.2 Å². The zero-order valence-corrected chi connectivity index (χ0v) is 29.8.